The zero-order valence-electron chi connectivity index (χ0n) is 15.1. The van der Waals surface area contributed by atoms with E-state index in [0.717, 1.165) is 6.07 Å². The lowest BCUT2D eigenvalue weighted by Crippen LogP contribution is -2.45. The van der Waals surface area contributed by atoms with E-state index in [2.05, 4.69) is 10.3 Å². The first kappa shape index (κ1) is 21.1. The number of ether oxygens (including phenoxy) is 1. The van der Waals surface area contributed by atoms with Gasteiger partial charge in [0, 0.05) is 17.8 Å². The van der Waals surface area contributed by atoms with E-state index in [-0.39, 0.29) is 16.5 Å². The number of carbonyl (C=O) groups is 3. The van der Waals surface area contributed by atoms with Crippen LogP contribution in [0.15, 0.2) is 36.5 Å². The number of hydrogen-bond donors (Lipinski definition) is 2. The minimum Gasteiger partial charge on any atom is -0.456 e. The molecule has 0 aliphatic heterocycles. The first-order valence-corrected chi connectivity index (χ1v) is 8.66. The van der Waals surface area contributed by atoms with E-state index in [1.54, 1.807) is 32.2 Å². The van der Waals surface area contributed by atoms with Crippen molar-refractivity contribution >= 4 is 34.9 Å². The second-order valence-corrected chi connectivity index (χ2v) is 6.64. The monoisotopic (exact) mass is 407 g/mol. The minimum atomic E-state index is -1.04. The molecule has 1 atom stereocenters. The van der Waals surface area contributed by atoms with Gasteiger partial charge in [0.15, 0.2) is 6.61 Å². The molecule has 0 fully saturated rings. The van der Waals surface area contributed by atoms with E-state index in [1.165, 1.54) is 12.1 Å². The Morgan fingerprint density at radius 1 is 1.29 bits per heavy atom. The standard InChI is InChI=1S/C18H18ClN3O6/c1-10(2)16(18(25)28-9-15(23)13-4-3-7-20-13)21-17(24)11-5-6-12(19)14(8-11)22(26)27/h3-8,10,16,20H,9H2,1-2H3,(H,21,24)/t16-/m0/s1. The predicted octanol–water partition coefficient (Wildman–Crippen LogP) is 2.76. The summed E-state index contributed by atoms with van der Waals surface area (Å²) in [5.41, 5.74) is -0.155. The number of nitro groups is 1. The van der Waals surface area contributed by atoms with Crippen molar-refractivity contribution in [2.45, 2.75) is 19.9 Å². The van der Waals surface area contributed by atoms with Crippen molar-refractivity contribution in [2.75, 3.05) is 6.61 Å². The molecule has 2 aromatic rings. The normalized spacial score (nSPS) is 11.7. The number of ketones is 1. The van der Waals surface area contributed by atoms with Crippen LogP contribution in [0, 0.1) is 16.0 Å². The summed E-state index contributed by atoms with van der Waals surface area (Å²) in [4.78, 5) is 49.6. The summed E-state index contributed by atoms with van der Waals surface area (Å²) in [5.74, 6) is -2.25. The van der Waals surface area contributed by atoms with Crippen LogP contribution in [0.5, 0.6) is 0 Å². The second-order valence-electron chi connectivity index (χ2n) is 6.23. The number of H-pyrrole nitrogens is 1. The SMILES string of the molecule is CC(C)[C@H](NC(=O)c1ccc(Cl)c([N+](=O)[O-])c1)C(=O)OCC(=O)c1ccc[nH]1. The average Bonchev–Trinajstić information content (AvgIpc) is 3.18. The number of aromatic nitrogens is 1. The van der Waals surface area contributed by atoms with E-state index in [1.807, 2.05) is 0 Å². The summed E-state index contributed by atoms with van der Waals surface area (Å²) in [6.45, 7) is 2.89. The van der Waals surface area contributed by atoms with E-state index >= 15 is 0 Å². The van der Waals surface area contributed by atoms with Crippen LogP contribution in [0.3, 0.4) is 0 Å². The number of Topliss-reactive ketones (excluding diaryl/α,β-unsaturated/α-hetero) is 1. The fourth-order valence-corrected chi connectivity index (χ4v) is 2.51. The highest BCUT2D eigenvalue weighted by atomic mass is 35.5. The Labute approximate surface area is 165 Å². The molecule has 0 bridgehead atoms. The lowest BCUT2D eigenvalue weighted by Gasteiger charge is -2.20. The molecule has 1 aromatic carbocycles. The molecule has 9 nitrogen and oxygen atoms in total. The molecule has 0 unspecified atom stereocenters. The fraction of sp³-hybridized carbons (Fsp3) is 0.278. The number of halogens is 1. The third-order valence-corrected chi connectivity index (χ3v) is 4.18. The van der Waals surface area contributed by atoms with Gasteiger partial charge in [-0.3, -0.25) is 19.7 Å². The van der Waals surface area contributed by atoms with E-state index in [4.69, 9.17) is 16.3 Å². The van der Waals surface area contributed by atoms with Crippen LogP contribution >= 0.6 is 11.6 Å². The Balaban J connectivity index is 2.06. The Bertz CT molecular complexity index is 895. The van der Waals surface area contributed by atoms with Gasteiger partial charge in [0.05, 0.1) is 10.6 Å². The molecule has 2 N–H and O–H groups in total. The lowest BCUT2D eigenvalue weighted by molar-refractivity contribution is -0.384. The molecule has 1 aromatic heterocycles. The topological polar surface area (TPSA) is 131 Å². The second kappa shape index (κ2) is 9.14. The maximum atomic E-state index is 12.4. The summed E-state index contributed by atoms with van der Waals surface area (Å²) < 4.78 is 5.02. The Morgan fingerprint density at radius 2 is 2.00 bits per heavy atom. The van der Waals surface area contributed by atoms with Gasteiger partial charge in [-0.15, -0.1) is 0 Å². The molecule has 0 aliphatic carbocycles. The summed E-state index contributed by atoms with van der Waals surface area (Å²) in [5, 5.41) is 13.3. The molecule has 2 rings (SSSR count). The number of amides is 1. The molecule has 0 aliphatic rings. The number of nitrogens with one attached hydrogen (secondary N) is 2. The molecule has 28 heavy (non-hydrogen) atoms. The number of hydrogen-bond acceptors (Lipinski definition) is 6. The summed E-state index contributed by atoms with van der Waals surface area (Å²) in [6.07, 6.45) is 1.57. The highest BCUT2D eigenvalue weighted by Crippen LogP contribution is 2.25. The number of benzene rings is 1. The number of rotatable bonds is 8. The lowest BCUT2D eigenvalue weighted by atomic mass is 10.0. The minimum absolute atomic E-state index is 0.0305. The van der Waals surface area contributed by atoms with Crippen LogP contribution in [-0.2, 0) is 9.53 Å². The van der Waals surface area contributed by atoms with Gasteiger partial charge in [0.1, 0.15) is 11.1 Å². The van der Waals surface area contributed by atoms with Crippen molar-refractivity contribution in [3.05, 3.63) is 62.9 Å². The first-order valence-electron chi connectivity index (χ1n) is 8.28. The van der Waals surface area contributed by atoms with Crippen LogP contribution in [0.25, 0.3) is 0 Å². The molecular weight excluding hydrogens is 390 g/mol. The van der Waals surface area contributed by atoms with E-state index in [9.17, 15) is 24.5 Å². The number of esters is 1. The van der Waals surface area contributed by atoms with Gasteiger partial charge in [-0.05, 0) is 30.2 Å². The van der Waals surface area contributed by atoms with Crippen molar-refractivity contribution in [1.29, 1.82) is 0 Å². The van der Waals surface area contributed by atoms with Gasteiger partial charge in [-0.25, -0.2) is 4.79 Å². The largest absolute Gasteiger partial charge is 0.456 e. The van der Waals surface area contributed by atoms with Gasteiger partial charge in [-0.1, -0.05) is 25.4 Å². The molecule has 0 radical (unpaired) electrons. The van der Waals surface area contributed by atoms with Crippen LogP contribution in [0.2, 0.25) is 5.02 Å². The number of carbonyl (C=O) groups excluding carboxylic acids is 3. The Morgan fingerprint density at radius 3 is 2.57 bits per heavy atom. The first-order chi connectivity index (χ1) is 13.2. The summed E-state index contributed by atoms with van der Waals surface area (Å²) in [6, 6.07) is 5.70. The average molecular weight is 408 g/mol. The summed E-state index contributed by atoms with van der Waals surface area (Å²) >= 11 is 5.73. The van der Waals surface area contributed by atoms with Gasteiger partial charge in [0.2, 0.25) is 5.78 Å². The third-order valence-electron chi connectivity index (χ3n) is 3.86. The van der Waals surface area contributed by atoms with Crippen molar-refractivity contribution in [1.82, 2.24) is 10.3 Å². The zero-order valence-corrected chi connectivity index (χ0v) is 15.9. The molecule has 1 heterocycles. The maximum absolute atomic E-state index is 12.4. The third kappa shape index (κ3) is 5.17. The van der Waals surface area contributed by atoms with Gasteiger partial charge in [0.25, 0.3) is 11.6 Å². The van der Waals surface area contributed by atoms with Crippen LogP contribution in [0.4, 0.5) is 5.69 Å². The van der Waals surface area contributed by atoms with Crippen LogP contribution < -0.4 is 5.32 Å². The van der Waals surface area contributed by atoms with Gasteiger partial charge in [-0.2, -0.15) is 0 Å². The molecular formula is C18H18ClN3O6. The number of aromatic amines is 1. The Kier molecular flexibility index (Phi) is 6.89. The van der Waals surface area contributed by atoms with E-state index in [0.29, 0.717) is 5.69 Å². The van der Waals surface area contributed by atoms with Gasteiger partial charge >= 0.3 is 5.97 Å². The van der Waals surface area contributed by atoms with E-state index < -0.39 is 40.9 Å². The van der Waals surface area contributed by atoms with Crippen molar-refractivity contribution in [2.24, 2.45) is 5.92 Å². The highest BCUT2D eigenvalue weighted by molar-refractivity contribution is 6.32. The van der Waals surface area contributed by atoms with Gasteiger partial charge < -0.3 is 15.0 Å². The van der Waals surface area contributed by atoms with Crippen LogP contribution in [0.1, 0.15) is 34.7 Å². The predicted molar refractivity (Wildman–Crippen MR) is 100 cm³/mol. The quantitative estimate of drug-likeness (QED) is 0.299. The van der Waals surface area contributed by atoms with Crippen molar-refractivity contribution < 1.29 is 24.0 Å². The maximum Gasteiger partial charge on any atom is 0.329 e. The van der Waals surface area contributed by atoms with Crippen LogP contribution in [-0.4, -0.2) is 40.2 Å². The molecule has 1 amide bonds. The Hall–Kier alpha value is -3.20. The van der Waals surface area contributed by atoms with Crippen molar-refractivity contribution in [3.8, 4) is 0 Å². The van der Waals surface area contributed by atoms with Crippen molar-refractivity contribution in [3.63, 3.8) is 0 Å². The molecule has 0 spiro atoms. The molecule has 10 heteroatoms. The smallest absolute Gasteiger partial charge is 0.329 e. The fourth-order valence-electron chi connectivity index (χ4n) is 2.32. The zero-order chi connectivity index (χ0) is 20.8. The molecule has 0 saturated heterocycles. The highest BCUT2D eigenvalue weighted by Gasteiger charge is 2.28. The number of nitro benzene ring substituents is 1. The molecule has 148 valence electrons. The summed E-state index contributed by atoms with van der Waals surface area (Å²) in [7, 11) is 0. The number of nitrogens with zero attached hydrogens (tertiary/aromatic N) is 1. The molecule has 0 saturated carbocycles.